The molecule has 0 saturated carbocycles. The molecule has 1 N–H and O–H groups in total. The predicted octanol–water partition coefficient (Wildman–Crippen LogP) is 3.06. The van der Waals surface area contributed by atoms with E-state index in [1.807, 2.05) is 13.8 Å². The lowest BCUT2D eigenvalue weighted by Gasteiger charge is -2.15. The Bertz CT molecular complexity index is 376. The zero-order valence-electron chi connectivity index (χ0n) is 10.0. The van der Waals surface area contributed by atoms with Crippen molar-refractivity contribution in [3.63, 3.8) is 0 Å². The molecule has 16 heavy (non-hydrogen) atoms. The third-order valence-electron chi connectivity index (χ3n) is 2.38. The van der Waals surface area contributed by atoms with Crippen LogP contribution in [0.15, 0.2) is 30.4 Å². The third-order valence-corrected chi connectivity index (χ3v) is 2.38. The largest absolute Gasteiger partial charge is 0.497 e. The number of nitrogens with one attached hydrogen (secondary N) is 1. The van der Waals surface area contributed by atoms with Crippen molar-refractivity contribution in [2.75, 3.05) is 13.7 Å². The molecule has 3 heteroatoms. The fourth-order valence-corrected chi connectivity index (χ4v) is 1.42. The fourth-order valence-electron chi connectivity index (χ4n) is 1.42. The molecule has 0 aliphatic heterocycles. The van der Waals surface area contributed by atoms with E-state index in [-0.39, 0.29) is 11.9 Å². The summed E-state index contributed by atoms with van der Waals surface area (Å²) in [5.74, 6) is 0.286. The lowest BCUT2D eigenvalue weighted by Crippen LogP contribution is -2.21. The van der Waals surface area contributed by atoms with Crippen LogP contribution in [0.5, 0.6) is 5.75 Å². The van der Waals surface area contributed by atoms with Crippen LogP contribution in [-0.4, -0.2) is 13.7 Å². The van der Waals surface area contributed by atoms with E-state index in [0.29, 0.717) is 17.9 Å². The van der Waals surface area contributed by atoms with Crippen LogP contribution in [0.2, 0.25) is 0 Å². The Balaban J connectivity index is 2.75. The van der Waals surface area contributed by atoms with Crippen LogP contribution < -0.4 is 10.1 Å². The van der Waals surface area contributed by atoms with Crippen molar-refractivity contribution >= 4 is 0 Å². The van der Waals surface area contributed by atoms with E-state index in [2.05, 4.69) is 11.9 Å². The SMILES string of the molecule is C=C(C)CNC(C)c1ccc(OC)cc1F. The van der Waals surface area contributed by atoms with Gasteiger partial charge >= 0.3 is 0 Å². The van der Waals surface area contributed by atoms with Crippen LogP contribution in [0.4, 0.5) is 4.39 Å². The summed E-state index contributed by atoms with van der Waals surface area (Å²) in [5, 5.41) is 3.20. The van der Waals surface area contributed by atoms with E-state index >= 15 is 0 Å². The van der Waals surface area contributed by atoms with Gasteiger partial charge in [-0.2, -0.15) is 0 Å². The topological polar surface area (TPSA) is 21.3 Å². The molecule has 1 rings (SSSR count). The van der Waals surface area contributed by atoms with E-state index in [1.54, 1.807) is 12.1 Å². The highest BCUT2D eigenvalue weighted by molar-refractivity contribution is 5.30. The summed E-state index contributed by atoms with van der Waals surface area (Å²) in [6, 6.07) is 4.86. The second-order valence-electron chi connectivity index (χ2n) is 3.95. The van der Waals surface area contributed by atoms with Crippen LogP contribution >= 0.6 is 0 Å². The predicted molar refractivity (Wildman–Crippen MR) is 64.2 cm³/mol. The standard InChI is InChI=1S/C13H18FNO/c1-9(2)8-15-10(3)12-6-5-11(16-4)7-13(12)14/h5-7,10,15H,1,8H2,2-4H3. The van der Waals surface area contributed by atoms with E-state index in [0.717, 1.165) is 5.57 Å². The van der Waals surface area contributed by atoms with Crippen molar-refractivity contribution in [1.82, 2.24) is 5.32 Å². The van der Waals surface area contributed by atoms with Crippen LogP contribution in [-0.2, 0) is 0 Å². The van der Waals surface area contributed by atoms with Gasteiger partial charge in [0.05, 0.1) is 7.11 Å². The molecule has 0 bridgehead atoms. The molecule has 0 aliphatic rings. The van der Waals surface area contributed by atoms with Gasteiger partial charge in [-0.15, -0.1) is 0 Å². The van der Waals surface area contributed by atoms with Gasteiger partial charge in [0.15, 0.2) is 0 Å². The molecule has 0 aliphatic carbocycles. The number of methoxy groups -OCH3 is 1. The first-order valence-corrected chi connectivity index (χ1v) is 5.25. The summed E-state index contributed by atoms with van der Waals surface area (Å²) in [6.07, 6.45) is 0. The van der Waals surface area contributed by atoms with Gasteiger partial charge in [-0.25, -0.2) is 4.39 Å². The van der Waals surface area contributed by atoms with E-state index in [4.69, 9.17) is 4.74 Å². The minimum absolute atomic E-state index is 0.0393. The smallest absolute Gasteiger partial charge is 0.131 e. The molecule has 0 aromatic heterocycles. The van der Waals surface area contributed by atoms with E-state index < -0.39 is 0 Å². The van der Waals surface area contributed by atoms with Crippen LogP contribution in [0.1, 0.15) is 25.5 Å². The van der Waals surface area contributed by atoms with Gasteiger partial charge < -0.3 is 10.1 Å². The molecule has 0 saturated heterocycles. The molecule has 0 radical (unpaired) electrons. The van der Waals surface area contributed by atoms with Gasteiger partial charge in [0.25, 0.3) is 0 Å². The summed E-state index contributed by atoms with van der Waals surface area (Å²) in [4.78, 5) is 0. The Labute approximate surface area is 96.1 Å². The first-order valence-electron chi connectivity index (χ1n) is 5.25. The van der Waals surface area contributed by atoms with Gasteiger partial charge in [0, 0.05) is 24.2 Å². The molecule has 1 aromatic carbocycles. The number of halogens is 1. The Morgan fingerprint density at radius 3 is 2.75 bits per heavy atom. The van der Waals surface area contributed by atoms with E-state index in [9.17, 15) is 4.39 Å². The Morgan fingerprint density at radius 1 is 1.56 bits per heavy atom. The van der Waals surface area contributed by atoms with Crippen LogP contribution in [0.3, 0.4) is 0 Å². The van der Waals surface area contributed by atoms with Crippen molar-refractivity contribution in [3.05, 3.63) is 41.7 Å². The number of rotatable bonds is 5. The highest BCUT2D eigenvalue weighted by Crippen LogP contribution is 2.21. The first kappa shape index (κ1) is 12.7. The van der Waals surface area contributed by atoms with Crippen LogP contribution in [0.25, 0.3) is 0 Å². The molecule has 1 atom stereocenters. The Hall–Kier alpha value is -1.35. The highest BCUT2D eigenvalue weighted by Gasteiger charge is 2.10. The summed E-state index contributed by atoms with van der Waals surface area (Å²) in [7, 11) is 1.52. The Kier molecular flexibility index (Phi) is 4.50. The maximum absolute atomic E-state index is 13.7. The van der Waals surface area contributed by atoms with Crippen molar-refractivity contribution in [3.8, 4) is 5.75 Å². The molecule has 0 fully saturated rings. The molecule has 0 heterocycles. The van der Waals surface area contributed by atoms with Gasteiger partial charge in [0.1, 0.15) is 11.6 Å². The summed E-state index contributed by atoms with van der Waals surface area (Å²) < 4.78 is 18.6. The molecule has 88 valence electrons. The quantitative estimate of drug-likeness (QED) is 0.775. The molecule has 0 spiro atoms. The molecular formula is C13H18FNO. The molecule has 2 nitrogen and oxygen atoms in total. The lowest BCUT2D eigenvalue weighted by molar-refractivity contribution is 0.409. The normalized spacial score (nSPS) is 12.2. The van der Waals surface area contributed by atoms with Crippen LogP contribution in [0, 0.1) is 5.82 Å². The molecule has 1 unspecified atom stereocenters. The third kappa shape index (κ3) is 3.35. The van der Waals surface area contributed by atoms with Gasteiger partial charge in [0.2, 0.25) is 0 Å². The minimum atomic E-state index is -0.249. The maximum atomic E-state index is 13.7. The summed E-state index contributed by atoms with van der Waals surface area (Å²) >= 11 is 0. The molecular weight excluding hydrogens is 205 g/mol. The first-order chi connectivity index (χ1) is 7.54. The maximum Gasteiger partial charge on any atom is 0.131 e. The monoisotopic (exact) mass is 223 g/mol. The second-order valence-corrected chi connectivity index (χ2v) is 3.95. The number of benzene rings is 1. The highest BCUT2D eigenvalue weighted by atomic mass is 19.1. The number of hydrogen-bond donors (Lipinski definition) is 1. The zero-order valence-corrected chi connectivity index (χ0v) is 10.0. The van der Waals surface area contributed by atoms with Gasteiger partial charge in [-0.05, 0) is 19.9 Å². The molecule has 1 aromatic rings. The summed E-state index contributed by atoms with van der Waals surface area (Å²) in [6.45, 7) is 8.34. The van der Waals surface area contributed by atoms with Crippen molar-refractivity contribution in [2.24, 2.45) is 0 Å². The van der Waals surface area contributed by atoms with Gasteiger partial charge in [-0.1, -0.05) is 18.2 Å². The summed E-state index contributed by atoms with van der Waals surface area (Å²) in [5.41, 5.74) is 1.67. The van der Waals surface area contributed by atoms with Crippen molar-refractivity contribution in [1.29, 1.82) is 0 Å². The van der Waals surface area contributed by atoms with Gasteiger partial charge in [-0.3, -0.25) is 0 Å². The second kappa shape index (κ2) is 5.66. The molecule has 0 amide bonds. The minimum Gasteiger partial charge on any atom is -0.497 e. The average Bonchev–Trinajstić information content (AvgIpc) is 2.25. The number of hydrogen-bond acceptors (Lipinski definition) is 2. The van der Waals surface area contributed by atoms with E-state index in [1.165, 1.54) is 13.2 Å². The zero-order chi connectivity index (χ0) is 12.1. The Morgan fingerprint density at radius 2 is 2.25 bits per heavy atom. The number of ether oxygens (including phenoxy) is 1. The van der Waals surface area contributed by atoms with Crippen molar-refractivity contribution in [2.45, 2.75) is 19.9 Å². The fraction of sp³-hybridized carbons (Fsp3) is 0.385. The lowest BCUT2D eigenvalue weighted by atomic mass is 10.1. The van der Waals surface area contributed by atoms with Crippen molar-refractivity contribution < 1.29 is 9.13 Å². The average molecular weight is 223 g/mol.